The lowest BCUT2D eigenvalue weighted by molar-refractivity contribution is -0.118. The van der Waals surface area contributed by atoms with Gasteiger partial charge in [-0.1, -0.05) is 24.3 Å². The number of aromatic nitrogens is 2. The Labute approximate surface area is 137 Å². The first-order chi connectivity index (χ1) is 11.3. The van der Waals surface area contributed by atoms with Crippen LogP contribution in [0.1, 0.15) is 5.56 Å². The third kappa shape index (κ3) is 4.14. The third-order valence-corrected chi connectivity index (χ3v) is 4.09. The SMILES string of the molecule is O=C(CSc1cccc2cccnc12)N/N=C\c1cccnc1. The predicted octanol–water partition coefficient (Wildman–Crippen LogP) is 2.87. The number of pyridine rings is 2. The van der Waals surface area contributed by atoms with Crippen molar-refractivity contribution in [3.63, 3.8) is 0 Å². The summed E-state index contributed by atoms with van der Waals surface area (Å²) < 4.78 is 0. The Balaban J connectivity index is 1.57. The molecule has 0 atom stereocenters. The van der Waals surface area contributed by atoms with E-state index in [0.717, 1.165) is 21.4 Å². The molecule has 0 fully saturated rings. The second-order valence-electron chi connectivity index (χ2n) is 4.70. The number of fused-ring (bicyclic) bond motifs is 1. The summed E-state index contributed by atoms with van der Waals surface area (Å²) in [7, 11) is 0. The minimum atomic E-state index is -0.164. The fraction of sp³-hybridized carbons (Fsp3) is 0.0588. The predicted molar refractivity (Wildman–Crippen MR) is 92.4 cm³/mol. The van der Waals surface area contributed by atoms with Gasteiger partial charge in [0.05, 0.1) is 17.5 Å². The summed E-state index contributed by atoms with van der Waals surface area (Å²) in [6.45, 7) is 0. The molecule has 0 radical (unpaired) electrons. The van der Waals surface area contributed by atoms with Gasteiger partial charge in [0.2, 0.25) is 5.91 Å². The van der Waals surface area contributed by atoms with Crippen molar-refractivity contribution in [1.29, 1.82) is 0 Å². The summed E-state index contributed by atoms with van der Waals surface area (Å²) in [5, 5.41) is 4.99. The summed E-state index contributed by atoms with van der Waals surface area (Å²) in [4.78, 5) is 21.2. The number of benzene rings is 1. The highest BCUT2D eigenvalue weighted by atomic mass is 32.2. The fourth-order valence-corrected chi connectivity index (χ4v) is 2.83. The maximum atomic E-state index is 11.9. The largest absolute Gasteiger partial charge is 0.272 e. The summed E-state index contributed by atoms with van der Waals surface area (Å²) in [5.41, 5.74) is 4.25. The minimum Gasteiger partial charge on any atom is -0.272 e. The van der Waals surface area contributed by atoms with Gasteiger partial charge >= 0.3 is 0 Å². The summed E-state index contributed by atoms with van der Waals surface area (Å²) in [5.74, 6) is 0.114. The van der Waals surface area contributed by atoms with Crippen LogP contribution in [0.5, 0.6) is 0 Å². The molecule has 1 N–H and O–H groups in total. The molecule has 23 heavy (non-hydrogen) atoms. The molecular formula is C17H14N4OS. The van der Waals surface area contributed by atoms with Crippen LogP contribution in [0, 0.1) is 0 Å². The third-order valence-electron chi connectivity index (χ3n) is 3.04. The molecule has 6 heteroatoms. The summed E-state index contributed by atoms with van der Waals surface area (Å²) in [6.07, 6.45) is 6.68. The highest BCUT2D eigenvalue weighted by molar-refractivity contribution is 8.00. The number of hydrazone groups is 1. The van der Waals surface area contributed by atoms with Crippen molar-refractivity contribution in [2.24, 2.45) is 5.10 Å². The maximum Gasteiger partial charge on any atom is 0.250 e. The average Bonchev–Trinajstić information content (AvgIpc) is 2.61. The number of nitrogens with one attached hydrogen (secondary N) is 1. The van der Waals surface area contributed by atoms with E-state index in [1.165, 1.54) is 11.8 Å². The molecule has 0 unspecified atom stereocenters. The molecule has 0 saturated carbocycles. The molecule has 0 bridgehead atoms. The van der Waals surface area contributed by atoms with Gasteiger partial charge in [0.1, 0.15) is 0 Å². The molecule has 0 aliphatic heterocycles. The molecule has 0 saturated heterocycles. The number of carbonyl (C=O) groups is 1. The van der Waals surface area contributed by atoms with Crippen LogP contribution >= 0.6 is 11.8 Å². The van der Waals surface area contributed by atoms with Gasteiger partial charge in [-0.05, 0) is 18.2 Å². The molecule has 0 spiro atoms. The van der Waals surface area contributed by atoms with Crippen molar-refractivity contribution in [3.05, 3.63) is 66.6 Å². The Morgan fingerprint density at radius 1 is 1.17 bits per heavy atom. The van der Waals surface area contributed by atoms with Crippen LogP contribution in [-0.4, -0.2) is 27.8 Å². The van der Waals surface area contributed by atoms with Gasteiger partial charge in [-0.2, -0.15) is 5.10 Å². The molecule has 3 aromatic rings. The molecule has 2 heterocycles. The number of hydrogen-bond acceptors (Lipinski definition) is 5. The molecule has 0 aliphatic carbocycles. The van der Waals surface area contributed by atoms with Crippen LogP contribution in [0.3, 0.4) is 0 Å². The zero-order valence-electron chi connectivity index (χ0n) is 12.2. The average molecular weight is 322 g/mol. The van der Waals surface area contributed by atoms with Crippen LogP contribution in [0.2, 0.25) is 0 Å². The lowest BCUT2D eigenvalue weighted by Crippen LogP contribution is -2.19. The van der Waals surface area contributed by atoms with E-state index in [4.69, 9.17) is 0 Å². The van der Waals surface area contributed by atoms with Crippen LogP contribution in [-0.2, 0) is 4.79 Å². The van der Waals surface area contributed by atoms with Crippen LogP contribution < -0.4 is 5.43 Å². The number of thioether (sulfide) groups is 1. The van der Waals surface area contributed by atoms with Crippen molar-refractivity contribution < 1.29 is 4.79 Å². The second kappa shape index (κ2) is 7.51. The molecule has 1 aromatic carbocycles. The number of hydrogen-bond donors (Lipinski definition) is 1. The van der Waals surface area contributed by atoms with E-state index in [1.807, 2.05) is 42.5 Å². The van der Waals surface area contributed by atoms with E-state index < -0.39 is 0 Å². The van der Waals surface area contributed by atoms with E-state index >= 15 is 0 Å². The second-order valence-corrected chi connectivity index (χ2v) is 5.72. The molecule has 3 rings (SSSR count). The Morgan fingerprint density at radius 2 is 2.04 bits per heavy atom. The quantitative estimate of drug-likeness (QED) is 0.445. The van der Waals surface area contributed by atoms with Gasteiger partial charge in [0.25, 0.3) is 0 Å². The minimum absolute atomic E-state index is 0.164. The molecular weight excluding hydrogens is 308 g/mol. The van der Waals surface area contributed by atoms with Crippen LogP contribution in [0.25, 0.3) is 10.9 Å². The lowest BCUT2D eigenvalue weighted by Gasteiger charge is -2.04. The van der Waals surface area contributed by atoms with Gasteiger partial charge in [0, 0.05) is 34.4 Å². The Kier molecular flexibility index (Phi) is 4.95. The lowest BCUT2D eigenvalue weighted by atomic mass is 10.2. The first kappa shape index (κ1) is 15.2. The van der Waals surface area contributed by atoms with Gasteiger partial charge < -0.3 is 0 Å². The van der Waals surface area contributed by atoms with Crippen molar-refractivity contribution in [2.75, 3.05) is 5.75 Å². The number of carbonyl (C=O) groups excluding carboxylic acids is 1. The summed E-state index contributed by atoms with van der Waals surface area (Å²) in [6, 6.07) is 13.5. The van der Waals surface area contributed by atoms with E-state index in [1.54, 1.807) is 24.8 Å². The highest BCUT2D eigenvalue weighted by Crippen LogP contribution is 2.25. The molecule has 2 aromatic heterocycles. The molecule has 5 nitrogen and oxygen atoms in total. The van der Waals surface area contributed by atoms with Crippen LogP contribution in [0.4, 0.5) is 0 Å². The van der Waals surface area contributed by atoms with Gasteiger partial charge in [-0.3, -0.25) is 14.8 Å². The molecule has 1 amide bonds. The van der Waals surface area contributed by atoms with Crippen molar-refractivity contribution in [2.45, 2.75) is 4.90 Å². The van der Waals surface area contributed by atoms with Crippen molar-refractivity contribution >= 4 is 34.8 Å². The monoisotopic (exact) mass is 322 g/mol. The van der Waals surface area contributed by atoms with Gasteiger partial charge in [-0.15, -0.1) is 11.8 Å². The smallest absolute Gasteiger partial charge is 0.250 e. The van der Waals surface area contributed by atoms with Crippen LogP contribution in [0.15, 0.2) is 71.1 Å². The van der Waals surface area contributed by atoms with Crippen molar-refractivity contribution in [3.8, 4) is 0 Å². The van der Waals surface area contributed by atoms with Crippen molar-refractivity contribution in [1.82, 2.24) is 15.4 Å². The zero-order chi connectivity index (χ0) is 15.9. The Bertz CT molecular complexity index is 831. The first-order valence-corrected chi connectivity index (χ1v) is 8.00. The number of amides is 1. The topological polar surface area (TPSA) is 67.2 Å². The highest BCUT2D eigenvalue weighted by Gasteiger charge is 2.05. The number of rotatable bonds is 5. The zero-order valence-corrected chi connectivity index (χ0v) is 13.0. The first-order valence-electron chi connectivity index (χ1n) is 7.01. The van der Waals surface area contributed by atoms with Gasteiger partial charge in [0.15, 0.2) is 0 Å². The fourth-order valence-electron chi connectivity index (χ4n) is 2.00. The van der Waals surface area contributed by atoms with E-state index in [-0.39, 0.29) is 11.7 Å². The molecule has 114 valence electrons. The molecule has 0 aliphatic rings. The van der Waals surface area contributed by atoms with E-state index in [0.29, 0.717) is 0 Å². The van der Waals surface area contributed by atoms with E-state index in [2.05, 4.69) is 20.5 Å². The number of para-hydroxylation sites is 1. The number of nitrogens with zero attached hydrogens (tertiary/aromatic N) is 3. The standard InChI is InChI=1S/C17H14N4OS/c22-16(21-20-11-13-4-2-8-18-10-13)12-23-15-7-1-5-14-6-3-9-19-17(14)15/h1-11H,12H2,(H,21,22)/b20-11-. The Morgan fingerprint density at radius 3 is 2.91 bits per heavy atom. The van der Waals surface area contributed by atoms with Gasteiger partial charge in [-0.25, -0.2) is 5.43 Å². The summed E-state index contributed by atoms with van der Waals surface area (Å²) >= 11 is 1.44. The van der Waals surface area contributed by atoms with E-state index in [9.17, 15) is 4.79 Å². The Hall–Kier alpha value is -2.73. The normalized spacial score (nSPS) is 11.0. The maximum absolute atomic E-state index is 11.9.